The average Bonchev–Trinajstić information content (AvgIpc) is 3.10. The first-order valence-electron chi connectivity index (χ1n) is 8.01. The number of carbonyl (C=O) groups excluding carboxylic acids is 1. The molecule has 0 aliphatic rings. The van der Waals surface area contributed by atoms with E-state index in [1.54, 1.807) is 36.4 Å². The monoisotopic (exact) mass is 465 g/mol. The van der Waals surface area contributed by atoms with Gasteiger partial charge < -0.3 is 0 Å². The molecule has 0 saturated heterocycles. The summed E-state index contributed by atoms with van der Waals surface area (Å²) in [5.74, 6) is -0.297. The highest BCUT2D eigenvalue weighted by atomic mass is 79.9. The van der Waals surface area contributed by atoms with Gasteiger partial charge in [0.25, 0.3) is 15.9 Å². The largest absolute Gasteiger partial charge is 0.298 e. The zero-order valence-corrected chi connectivity index (χ0v) is 17.5. The number of sulfonamides is 1. The highest BCUT2D eigenvalue weighted by molar-refractivity contribution is 9.10. The van der Waals surface area contributed by atoms with Gasteiger partial charge in [-0.2, -0.15) is 0 Å². The van der Waals surface area contributed by atoms with Gasteiger partial charge in [-0.1, -0.05) is 22.9 Å². The lowest BCUT2D eigenvalue weighted by atomic mass is 10.2. The van der Waals surface area contributed by atoms with E-state index >= 15 is 0 Å². The molecule has 0 aliphatic heterocycles. The van der Waals surface area contributed by atoms with E-state index in [0.717, 1.165) is 16.6 Å². The van der Waals surface area contributed by atoms with Crippen molar-refractivity contribution in [2.45, 2.75) is 18.2 Å². The molecule has 27 heavy (non-hydrogen) atoms. The molecule has 3 rings (SSSR count). The molecule has 0 fully saturated rings. The standard InChI is InChI=1S/C18H16BrN3O3S2/c1-2-14-11-26-18(20-14)21-17(23)12-3-7-15(8-4-12)22-27(24,25)16-9-5-13(19)6-10-16/h3-11,22H,2H2,1H3,(H,20,21,23). The van der Waals surface area contributed by atoms with Crippen LogP contribution in [0.2, 0.25) is 0 Å². The van der Waals surface area contributed by atoms with Crippen LogP contribution in [0.5, 0.6) is 0 Å². The van der Waals surface area contributed by atoms with Gasteiger partial charge in [-0.25, -0.2) is 13.4 Å². The van der Waals surface area contributed by atoms with Crippen molar-refractivity contribution in [2.24, 2.45) is 0 Å². The Balaban J connectivity index is 1.69. The predicted molar refractivity (Wildman–Crippen MR) is 111 cm³/mol. The summed E-state index contributed by atoms with van der Waals surface area (Å²) in [7, 11) is -3.69. The van der Waals surface area contributed by atoms with Gasteiger partial charge in [0.1, 0.15) is 0 Å². The molecule has 1 amide bonds. The van der Waals surface area contributed by atoms with Crippen LogP contribution in [-0.4, -0.2) is 19.3 Å². The number of anilines is 2. The lowest BCUT2D eigenvalue weighted by Gasteiger charge is -2.09. The van der Waals surface area contributed by atoms with Gasteiger partial charge in [0.15, 0.2) is 5.13 Å². The van der Waals surface area contributed by atoms with E-state index in [9.17, 15) is 13.2 Å². The molecule has 0 bridgehead atoms. The minimum absolute atomic E-state index is 0.156. The molecule has 2 N–H and O–H groups in total. The SMILES string of the molecule is CCc1csc(NC(=O)c2ccc(NS(=O)(=O)c3ccc(Br)cc3)cc2)n1. The third-order valence-corrected chi connectivity index (χ3v) is 6.39. The van der Waals surface area contributed by atoms with Crippen LogP contribution in [0.1, 0.15) is 23.0 Å². The number of carbonyl (C=O) groups is 1. The van der Waals surface area contributed by atoms with E-state index in [0.29, 0.717) is 16.4 Å². The van der Waals surface area contributed by atoms with Crippen LogP contribution in [0, 0.1) is 0 Å². The zero-order valence-electron chi connectivity index (χ0n) is 14.3. The van der Waals surface area contributed by atoms with E-state index in [1.165, 1.54) is 23.5 Å². The molecular weight excluding hydrogens is 450 g/mol. The van der Waals surface area contributed by atoms with E-state index in [2.05, 4.69) is 31.0 Å². The fraction of sp³-hybridized carbons (Fsp3) is 0.111. The third-order valence-electron chi connectivity index (χ3n) is 3.66. The second-order valence-electron chi connectivity index (χ2n) is 5.59. The van der Waals surface area contributed by atoms with Crippen molar-refractivity contribution >= 4 is 54.0 Å². The normalized spacial score (nSPS) is 11.2. The molecule has 0 unspecified atom stereocenters. The maximum Gasteiger partial charge on any atom is 0.261 e. The number of nitrogens with one attached hydrogen (secondary N) is 2. The highest BCUT2D eigenvalue weighted by Gasteiger charge is 2.15. The fourth-order valence-corrected chi connectivity index (χ4v) is 4.33. The van der Waals surface area contributed by atoms with Crippen molar-refractivity contribution in [3.63, 3.8) is 0 Å². The van der Waals surface area contributed by atoms with Gasteiger partial charge in [-0.05, 0) is 55.0 Å². The molecular formula is C18H16BrN3O3S2. The lowest BCUT2D eigenvalue weighted by Crippen LogP contribution is -2.14. The Morgan fingerprint density at radius 3 is 2.37 bits per heavy atom. The van der Waals surface area contributed by atoms with Crippen LogP contribution < -0.4 is 10.0 Å². The van der Waals surface area contributed by atoms with Crippen molar-refractivity contribution in [2.75, 3.05) is 10.0 Å². The summed E-state index contributed by atoms with van der Waals surface area (Å²) in [6.45, 7) is 1.99. The van der Waals surface area contributed by atoms with E-state index in [-0.39, 0.29) is 10.8 Å². The molecule has 140 valence electrons. The summed E-state index contributed by atoms with van der Waals surface area (Å²) in [5, 5.41) is 5.17. The Kier molecular flexibility index (Phi) is 5.93. The number of rotatable bonds is 6. The lowest BCUT2D eigenvalue weighted by molar-refractivity contribution is 0.102. The summed E-state index contributed by atoms with van der Waals surface area (Å²) in [5.41, 5.74) is 1.71. The molecule has 0 saturated carbocycles. The molecule has 9 heteroatoms. The topological polar surface area (TPSA) is 88.2 Å². The molecule has 3 aromatic rings. The highest BCUT2D eigenvalue weighted by Crippen LogP contribution is 2.20. The summed E-state index contributed by atoms with van der Waals surface area (Å²) in [6.07, 6.45) is 0.805. The van der Waals surface area contributed by atoms with Crippen molar-refractivity contribution in [1.29, 1.82) is 0 Å². The summed E-state index contributed by atoms with van der Waals surface area (Å²) in [6, 6.07) is 12.5. The molecule has 2 aromatic carbocycles. The zero-order chi connectivity index (χ0) is 19.4. The summed E-state index contributed by atoms with van der Waals surface area (Å²) >= 11 is 4.64. The molecule has 0 aliphatic carbocycles. The molecule has 1 aromatic heterocycles. The first-order valence-corrected chi connectivity index (χ1v) is 11.2. The second-order valence-corrected chi connectivity index (χ2v) is 9.04. The Morgan fingerprint density at radius 1 is 1.11 bits per heavy atom. The van der Waals surface area contributed by atoms with Crippen LogP contribution in [0.15, 0.2) is 63.3 Å². The number of thiazole rings is 1. The van der Waals surface area contributed by atoms with Gasteiger partial charge in [-0.15, -0.1) is 11.3 Å². The van der Waals surface area contributed by atoms with Crippen molar-refractivity contribution in [3.8, 4) is 0 Å². The Hall–Kier alpha value is -2.23. The number of halogens is 1. The van der Waals surface area contributed by atoms with E-state index in [1.807, 2.05) is 12.3 Å². The number of hydrogen-bond acceptors (Lipinski definition) is 5. The Morgan fingerprint density at radius 2 is 1.78 bits per heavy atom. The van der Waals surface area contributed by atoms with Crippen LogP contribution in [0.4, 0.5) is 10.8 Å². The van der Waals surface area contributed by atoms with Crippen LogP contribution in [-0.2, 0) is 16.4 Å². The quantitative estimate of drug-likeness (QED) is 0.559. The summed E-state index contributed by atoms with van der Waals surface area (Å²) in [4.78, 5) is 16.7. The number of amides is 1. The van der Waals surface area contributed by atoms with Gasteiger partial charge in [0, 0.05) is 21.1 Å². The van der Waals surface area contributed by atoms with Gasteiger partial charge >= 0.3 is 0 Å². The smallest absolute Gasteiger partial charge is 0.261 e. The molecule has 1 heterocycles. The number of nitrogens with zero attached hydrogens (tertiary/aromatic N) is 1. The first kappa shape index (κ1) is 19.5. The molecule has 0 spiro atoms. The first-order chi connectivity index (χ1) is 12.9. The number of aryl methyl sites for hydroxylation is 1. The maximum atomic E-state index is 12.4. The third kappa shape index (κ3) is 4.94. The van der Waals surface area contributed by atoms with Gasteiger partial charge in [0.05, 0.1) is 10.6 Å². The predicted octanol–water partition coefficient (Wildman–Crippen LogP) is 4.52. The van der Waals surface area contributed by atoms with Crippen LogP contribution >= 0.6 is 27.3 Å². The second kappa shape index (κ2) is 8.20. The number of aromatic nitrogens is 1. The van der Waals surface area contributed by atoms with Crippen molar-refractivity contribution < 1.29 is 13.2 Å². The minimum Gasteiger partial charge on any atom is -0.298 e. The summed E-state index contributed by atoms with van der Waals surface area (Å²) < 4.78 is 28.1. The minimum atomic E-state index is -3.69. The van der Waals surface area contributed by atoms with Crippen LogP contribution in [0.25, 0.3) is 0 Å². The maximum absolute atomic E-state index is 12.4. The average molecular weight is 466 g/mol. The fourth-order valence-electron chi connectivity index (χ4n) is 2.21. The van der Waals surface area contributed by atoms with Crippen LogP contribution in [0.3, 0.4) is 0 Å². The van der Waals surface area contributed by atoms with E-state index < -0.39 is 10.0 Å². The molecule has 0 radical (unpaired) electrons. The van der Waals surface area contributed by atoms with Crippen molar-refractivity contribution in [3.05, 3.63) is 69.6 Å². The van der Waals surface area contributed by atoms with Gasteiger partial charge in [0.2, 0.25) is 0 Å². The Labute approximate surface area is 169 Å². The van der Waals surface area contributed by atoms with Gasteiger partial charge in [-0.3, -0.25) is 14.8 Å². The molecule has 6 nitrogen and oxygen atoms in total. The number of hydrogen-bond donors (Lipinski definition) is 2. The van der Waals surface area contributed by atoms with E-state index in [4.69, 9.17) is 0 Å². The Bertz CT molecular complexity index is 1050. The van der Waals surface area contributed by atoms with Crippen molar-refractivity contribution in [1.82, 2.24) is 4.98 Å². The molecule has 0 atom stereocenters. The number of benzene rings is 2.